The number of hydrogen-bond donors (Lipinski definition) is 1. The smallest absolute Gasteiger partial charge is 0.293 e. The Balaban J connectivity index is 1.81. The van der Waals surface area contributed by atoms with Crippen LogP contribution < -0.4 is 10.1 Å². The number of amides is 1. The molecule has 0 unspecified atom stereocenters. The molecule has 1 amide bonds. The summed E-state index contributed by atoms with van der Waals surface area (Å²) < 4.78 is 11.7. The molecule has 0 radical (unpaired) electrons. The number of ether oxygens (including phenoxy) is 1. The summed E-state index contributed by atoms with van der Waals surface area (Å²) in [4.78, 5) is 16.6. The SMILES string of the molecule is COc1cccc2sc(NC(=O)c3ccc(CSC)o3)nc12. The van der Waals surface area contributed by atoms with E-state index in [-0.39, 0.29) is 11.7 Å². The number of furan rings is 1. The highest BCUT2D eigenvalue weighted by atomic mass is 32.2. The lowest BCUT2D eigenvalue weighted by Gasteiger charge is -1.98. The maximum Gasteiger partial charge on any atom is 0.293 e. The van der Waals surface area contributed by atoms with Gasteiger partial charge in [-0.1, -0.05) is 17.4 Å². The second-order valence-electron chi connectivity index (χ2n) is 4.48. The predicted molar refractivity (Wildman–Crippen MR) is 90.1 cm³/mol. The van der Waals surface area contributed by atoms with E-state index in [1.807, 2.05) is 30.5 Å². The second-order valence-corrected chi connectivity index (χ2v) is 6.38. The zero-order valence-electron chi connectivity index (χ0n) is 12.1. The molecule has 0 aliphatic heterocycles. The molecule has 0 spiro atoms. The van der Waals surface area contributed by atoms with E-state index in [0.717, 1.165) is 21.7 Å². The first-order valence-corrected chi connectivity index (χ1v) is 8.75. The van der Waals surface area contributed by atoms with Crippen LogP contribution in [0, 0.1) is 0 Å². The number of thiazole rings is 1. The maximum atomic E-state index is 12.2. The Morgan fingerprint density at radius 2 is 2.27 bits per heavy atom. The lowest BCUT2D eigenvalue weighted by atomic mass is 10.3. The number of benzene rings is 1. The number of para-hydroxylation sites is 1. The molecule has 3 aromatic rings. The Morgan fingerprint density at radius 3 is 3.05 bits per heavy atom. The largest absolute Gasteiger partial charge is 0.494 e. The number of thioether (sulfide) groups is 1. The Labute approximate surface area is 135 Å². The number of hydrogen-bond acceptors (Lipinski definition) is 6. The highest BCUT2D eigenvalue weighted by Gasteiger charge is 2.15. The fourth-order valence-electron chi connectivity index (χ4n) is 2.02. The van der Waals surface area contributed by atoms with E-state index in [2.05, 4.69) is 10.3 Å². The van der Waals surface area contributed by atoms with Crippen molar-refractivity contribution in [3.8, 4) is 5.75 Å². The van der Waals surface area contributed by atoms with Gasteiger partial charge in [-0.3, -0.25) is 10.1 Å². The molecular weight excluding hydrogens is 320 g/mol. The van der Waals surface area contributed by atoms with Gasteiger partial charge < -0.3 is 9.15 Å². The van der Waals surface area contributed by atoms with Gasteiger partial charge in [0.25, 0.3) is 5.91 Å². The van der Waals surface area contributed by atoms with E-state index >= 15 is 0 Å². The van der Waals surface area contributed by atoms with E-state index in [0.29, 0.717) is 10.9 Å². The van der Waals surface area contributed by atoms with Crippen LogP contribution in [0.4, 0.5) is 5.13 Å². The van der Waals surface area contributed by atoms with Crippen molar-refractivity contribution in [3.63, 3.8) is 0 Å². The van der Waals surface area contributed by atoms with Gasteiger partial charge in [0.05, 0.1) is 17.6 Å². The van der Waals surface area contributed by atoms with Crippen molar-refractivity contribution in [2.24, 2.45) is 0 Å². The molecule has 0 fully saturated rings. The molecule has 3 rings (SSSR count). The standard InChI is InChI=1S/C15H14N2O3S2/c1-19-10-4-3-5-12-13(10)16-15(22-12)17-14(18)11-7-6-9(20-11)8-21-2/h3-7H,8H2,1-2H3,(H,16,17,18). The van der Waals surface area contributed by atoms with Gasteiger partial charge in [0.2, 0.25) is 0 Å². The molecule has 22 heavy (non-hydrogen) atoms. The molecule has 7 heteroatoms. The molecule has 0 atom stereocenters. The number of aromatic nitrogens is 1. The van der Waals surface area contributed by atoms with E-state index in [1.54, 1.807) is 24.9 Å². The number of anilines is 1. The number of rotatable bonds is 5. The van der Waals surface area contributed by atoms with Crippen molar-refractivity contribution in [2.75, 3.05) is 18.7 Å². The van der Waals surface area contributed by atoms with Crippen LogP contribution in [0.3, 0.4) is 0 Å². The molecule has 2 aromatic heterocycles. The molecule has 2 heterocycles. The van der Waals surface area contributed by atoms with Crippen molar-refractivity contribution in [1.82, 2.24) is 4.98 Å². The van der Waals surface area contributed by atoms with Gasteiger partial charge in [-0.05, 0) is 30.5 Å². The molecule has 1 N–H and O–H groups in total. The quantitative estimate of drug-likeness (QED) is 0.763. The fraction of sp³-hybridized carbons (Fsp3) is 0.200. The van der Waals surface area contributed by atoms with Crippen molar-refractivity contribution >= 4 is 44.4 Å². The maximum absolute atomic E-state index is 12.2. The fourth-order valence-corrected chi connectivity index (χ4v) is 3.34. The van der Waals surface area contributed by atoms with Crippen LogP contribution in [0.25, 0.3) is 10.2 Å². The van der Waals surface area contributed by atoms with Crippen LogP contribution in [0.5, 0.6) is 5.75 Å². The molecule has 0 saturated carbocycles. The summed E-state index contributed by atoms with van der Waals surface area (Å²) in [6.07, 6.45) is 1.98. The number of fused-ring (bicyclic) bond motifs is 1. The van der Waals surface area contributed by atoms with Gasteiger partial charge >= 0.3 is 0 Å². The minimum absolute atomic E-state index is 0.287. The van der Waals surface area contributed by atoms with E-state index in [4.69, 9.17) is 9.15 Å². The van der Waals surface area contributed by atoms with Crippen molar-refractivity contribution in [1.29, 1.82) is 0 Å². The summed E-state index contributed by atoms with van der Waals surface area (Å²) in [6.45, 7) is 0. The molecule has 0 aliphatic carbocycles. The minimum Gasteiger partial charge on any atom is -0.494 e. The van der Waals surface area contributed by atoms with Gasteiger partial charge in [-0.15, -0.1) is 0 Å². The molecule has 1 aromatic carbocycles. The summed E-state index contributed by atoms with van der Waals surface area (Å²) in [7, 11) is 1.60. The molecule has 114 valence electrons. The first kappa shape index (κ1) is 14.9. The average Bonchev–Trinajstić information content (AvgIpc) is 3.13. The summed E-state index contributed by atoms with van der Waals surface area (Å²) in [6, 6.07) is 9.16. The lowest BCUT2D eigenvalue weighted by molar-refractivity contribution is 0.0995. The first-order chi connectivity index (χ1) is 10.7. The Hall–Kier alpha value is -1.99. The van der Waals surface area contributed by atoms with Crippen LogP contribution in [-0.4, -0.2) is 24.3 Å². The number of nitrogens with zero attached hydrogens (tertiary/aromatic N) is 1. The Morgan fingerprint density at radius 1 is 1.41 bits per heavy atom. The highest BCUT2D eigenvalue weighted by molar-refractivity contribution is 7.97. The molecular formula is C15H14N2O3S2. The topological polar surface area (TPSA) is 64.4 Å². The van der Waals surface area contributed by atoms with Gasteiger partial charge in [0.15, 0.2) is 10.9 Å². The van der Waals surface area contributed by atoms with E-state index in [9.17, 15) is 4.79 Å². The predicted octanol–water partition coefficient (Wildman–Crippen LogP) is 4.01. The molecule has 0 bridgehead atoms. The average molecular weight is 334 g/mol. The lowest BCUT2D eigenvalue weighted by Crippen LogP contribution is -2.10. The van der Waals surface area contributed by atoms with Crippen molar-refractivity contribution in [3.05, 3.63) is 41.9 Å². The van der Waals surface area contributed by atoms with Gasteiger partial charge in [0, 0.05) is 0 Å². The Kier molecular flexibility index (Phi) is 4.35. The normalized spacial score (nSPS) is 10.8. The third-order valence-electron chi connectivity index (χ3n) is 2.99. The van der Waals surface area contributed by atoms with Crippen molar-refractivity contribution in [2.45, 2.75) is 5.75 Å². The van der Waals surface area contributed by atoms with Gasteiger partial charge in [0.1, 0.15) is 17.0 Å². The molecule has 0 aliphatic rings. The molecule has 0 saturated heterocycles. The van der Waals surface area contributed by atoms with Gasteiger partial charge in [-0.2, -0.15) is 11.8 Å². The van der Waals surface area contributed by atoms with Crippen LogP contribution in [0.1, 0.15) is 16.3 Å². The van der Waals surface area contributed by atoms with Crippen LogP contribution in [0.15, 0.2) is 34.7 Å². The van der Waals surface area contributed by atoms with Gasteiger partial charge in [-0.25, -0.2) is 4.98 Å². The number of nitrogens with one attached hydrogen (secondary N) is 1. The van der Waals surface area contributed by atoms with Crippen LogP contribution in [-0.2, 0) is 5.75 Å². The number of methoxy groups -OCH3 is 1. The van der Waals surface area contributed by atoms with Crippen molar-refractivity contribution < 1.29 is 13.9 Å². The number of carbonyl (C=O) groups is 1. The highest BCUT2D eigenvalue weighted by Crippen LogP contribution is 2.32. The van der Waals surface area contributed by atoms with Crippen LogP contribution >= 0.6 is 23.1 Å². The third kappa shape index (κ3) is 2.95. The Bertz CT molecular complexity index is 810. The summed E-state index contributed by atoms with van der Waals surface area (Å²) in [5.74, 6) is 2.20. The zero-order chi connectivity index (χ0) is 15.5. The van der Waals surface area contributed by atoms with E-state index < -0.39 is 0 Å². The summed E-state index contributed by atoms with van der Waals surface area (Å²) in [5, 5.41) is 3.29. The first-order valence-electron chi connectivity index (χ1n) is 6.54. The minimum atomic E-state index is -0.301. The second kappa shape index (κ2) is 6.41. The zero-order valence-corrected chi connectivity index (χ0v) is 13.7. The molecule has 5 nitrogen and oxygen atoms in total. The summed E-state index contributed by atoms with van der Waals surface area (Å²) in [5.41, 5.74) is 0.743. The number of carbonyl (C=O) groups excluding carboxylic acids is 1. The van der Waals surface area contributed by atoms with E-state index in [1.165, 1.54) is 11.3 Å². The monoisotopic (exact) mass is 334 g/mol. The van der Waals surface area contributed by atoms with Crippen LogP contribution in [0.2, 0.25) is 0 Å². The summed E-state index contributed by atoms with van der Waals surface area (Å²) >= 11 is 3.04. The third-order valence-corrected chi connectivity index (χ3v) is 4.50.